The molecule has 1 aliphatic heterocycles. The summed E-state index contributed by atoms with van der Waals surface area (Å²) in [6, 6.07) is 15.1. The molecule has 0 spiro atoms. The van der Waals surface area contributed by atoms with Crippen molar-refractivity contribution < 1.29 is 4.42 Å². The monoisotopic (exact) mass is 515 g/mol. The summed E-state index contributed by atoms with van der Waals surface area (Å²) in [5.74, 6) is 0.749. The molecule has 4 rings (SSSR count). The molecule has 156 valence electrons. The predicted octanol–water partition coefficient (Wildman–Crippen LogP) is 5.76. The molecule has 0 saturated carbocycles. The fourth-order valence-electron chi connectivity index (χ4n) is 3.78. The van der Waals surface area contributed by atoms with E-state index in [9.17, 15) is 0 Å². The lowest BCUT2D eigenvalue weighted by Crippen LogP contribution is -2.42. The van der Waals surface area contributed by atoms with Crippen LogP contribution >= 0.6 is 22.6 Å². The molecule has 7 heteroatoms. The summed E-state index contributed by atoms with van der Waals surface area (Å²) in [6.45, 7) is 2.80. The van der Waals surface area contributed by atoms with Crippen LogP contribution in [0, 0.1) is 3.57 Å². The van der Waals surface area contributed by atoms with E-state index >= 15 is 0 Å². The molecule has 3 aromatic rings. The van der Waals surface area contributed by atoms with Crippen LogP contribution in [0.15, 0.2) is 69.7 Å². The number of anilines is 1. The van der Waals surface area contributed by atoms with Gasteiger partial charge in [0.2, 0.25) is 0 Å². The number of rotatable bonds is 6. The highest BCUT2D eigenvalue weighted by Gasteiger charge is 2.21. The summed E-state index contributed by atoms with van der Waals surface area (Å²) in [5.41, 5.74) is 4.31. The van der Waals surface area contributed by atoms with Gasteiger partial charge in [0.15, 0.2) is 12.2 Å². The summed E-state index contributed by atoms with van der Waals surface area (Å²) in [6.07, 6.45) is 5.57. The normalized spacial score (nSPS) is 15.4. The van der Waals surface area contributed by atoms with Crippen LogP contribution in [0.1, 0.15) is 18.4 Å². The first-order chi connectivity index (χ1) is 14.6. The first-order valence-corrected chi connectivity index (χ1v) is 11.2. The molecule has 1 aromatic heterocycles. The van der Waals surface area contributed by atoms with E-state index in [4.69, 9.17) is 4.42 Å². The molecule has 0 atom stereocenters. The minimum absolute atomic E-state index is 0.572. The fraction of sp³-hybridized carbons (Fsp3) is 0.348. The Hall–Kier alpha value is -2.26. The molecule has 0 unspecified atom stereocenters. The molecular weight excluding hydrogens is 489 g/mol. The molecule has 0 N–H and O–H groups in total. The Morgan fingerprint density at radius 2 is 1.90 bits per heavy atom. The SMILES string of the molecule is CN(C)C1CCN(c2ccc(CN=Nc3ccc(-c4cnco4)cc3)cc2I)CC1. The zero-order valence-corrected chi connectivity index (χ0v) is 19.5. The van der Waals surface area contributed by atoms with Gasteiger partial charge in [-0.25, -0.2) is 4.98 Å². The fourth-order valence-corrected chi connectivity index (χ4v) is 4.70. The molecule has 0 bridgehead atoms. The molecule has 6 nitrogen and oxygen atoms in total. The largest absolute Gasteiger partial charge is 0.444 e. The molecule has 1 aliphatic rings. The number of hydrogen-bond donors (Lipinski definition) is 0. The van der Waals surface area contributed by atoms with E-state index in [0.717, 1.165) is 30.1 Å². The van der Waals surface area contributed by atoms with E-state index < -0.39 is 0 Å². The zero-order chi connectivity index (χ0) is 20.9. The van der Waals surface area contributed by atoms with E-state index in [1.54, 1.807) is 6.20 Å². The lowest BCUT2D eigenvalue weighted by atomic mass is 10.0. The molecule has 0 radical (unpaired) electrons. The third kappa shape index (κ3) is 5.07. The predicted molar refractivity (Wildman–Crippen MR) is 128 cm³/mol. The molecular formula is C23H26IN5O. The van der Waals surface area contributed by atoms with Crippen LogP contribution in [0.3, 0.4) is 0 Å². The molecule has 1 fully saturated rings. The van der Waals surface area contributed by atoms with Crippen molar-refractivity contribution in [2.75, 3.05) is 32.1 Å². The standard InChI is InChI=1S/C23H26IN5O/c1-28(2)20-9-11-29(12-10-20)22-8-3-17(13-21(22)24)14-26-27-19-6-4-18(5-7-19)23-15-25-16-30-23/h3-8,13,15-16,20H,9-12,14H2,1-2H3. The highest BCUT2D eigenvalue weighted by Crippen LogP contribution is 2.28. The lowest BCUT2D eigenvalue weighted by Gasteiger charge is -2.37. The third-order valence-corrected chi connectivity index (χ3v) is 6.44. The third-order valence-electron chi connectivity index (χ3n) is 5.57. The Kier molecular flexibility index (Phi) is 6.79. The van der Waals surface area contributed by atoms with E-state index in [2.05, 4.69) is 79.9 Å². The Balaban J connectivity index is 1.35. The number of aromatic nitrogens is 1. The van der Waals surface area contributed by atoms with E-state index in [1.165, 1.54) is 34.1 Å². The second-order valence-electron chi connectivity index (χ2n) is 7.78. The van der Waals surface area contributed by atoms with Crippen molar-refractivity contribution in [2.24, 2.45) is 10.2 Å². The topological polar surface area (TPSA) is 57.2 Å². The highest BCUT2D eigenvalue weighted by atomic mass is 127. The zero-order valence-electron chi connectivity index (χ0n) is 17.3. The van der Waals surface area contributed by atoms with Gasteiger partial charge in [-0.3, -0.25) is 0 Å². The Morgan fingerprint density at radius 1 is 1.13 bits per heavy atom. The molecule has 2 aromatic carbocycles. The van der Waals surface area contributed by atoms with Crippen molar-refractivity contribution in [3.05, 3.63) is 64.2 Å². The van der Waals surface area contributed by atoms with Crippen LogP contribution in [0.25, 0.3) is 11.3 Å². The van der Waals surface area contributed by atoms with Crippen LogP contribution in [0.2, 0.25) is 0 Å². The average Bonchev–Trinajstić information content (AvgIpc) is 3.29. The number of nitrogens with zero attached hydrogens (tertiary/aromatic N) is 5. The van der Waals surface area contributed by atoms with Crippen LogP contribution in [0.4, 0.5) is 11.4 Å². The number of benzene rings is 2. The number of oxazole rings is 1. The van der Waals surface area contributed by atoms with Gasteiger partial charge in [0, 0.05) is 28.3 Å². The van der Waals surface area contributed by atoms with E-state index in [0.29, 0.717) is 12.6 Å². The average molecular weight is 515 g/mol. The Morgan fingerprint density at radius 3 is 2.53 bits per heavy atom. The van der Waals surface area contributed by atoms with Crippen LogP contribution < -0.4 is 4.90 Å². The molecule has 2 heterocycles. The van der Waals surface area contributed by atoms with Gasteiger partial charge in [-0.1, -0.05) is 6.07 Å². The van der Waals surface area contributed by atoms with Crippen molar-refractivity contribution in [2.45, 2.75) is 25.4 Å². The molecule has 30 heavy (non-hydrogen) atoms. The minimum atomic E-state index is 0.572. The van der Waals surface area contributed by atoms with Crippen molar-refractivity contribution in [3.8, 4) is 11.3 Å². The van der Waals surface area contributed by atoms with Gasteiger partial charge in [0.1, 0.15) is 0 Å². The Labute approximate surface area is 191 Å². The maximum Gasteiger partial charge on any atom is 0.181 e. The van der Waals surface area contributed by atoms with Gasteiger partial charge in [-0.05, 0) is 91.5 Å². The number of piperidine rings is 1. The van der Waals surface area contributed by atoms with Gasteiger partial charge in [0.25, 0.3) is 0 Å². The van der Waals surface area contributed by atoms with Gasteiger partial charge in [-0.2, -0.15) is 10.2 Å². The van der Waals surface area contributed by atoms with Gasteiger partial charge in [-0.15, -0.1) is 0 Å². The second-order valence-corrected chi connectivity index (χ2v) is 8.94. The van der Waals surface area contributed by atoms with Gasteiger partial charge >= 0.3 is 0 Å². The van der Waals surface area contributed by atoms with Crippen molar-refractivity contribution in [3.63, 3.8) is 0 Å². The smallest absolute Gasteiger partial charge is 0.181 e. The maximum atomic E-state index is 5.31. The first kappa shape index (κ1) is 21.0. The quantitative estimate of drug-likeness (QED) is 0.310. The van der Waals surface area contributed by atoms with Crippen LogP contribution in [0.5, 0.6) is 0 Å². The first-order valence-electron chi connectivity index (χ1n) is 10.2. The minimum Gasteiger partial charge on any atom is -0.444 e. The van der Waals surface area contributed by atoms with Crippen molar-refractivity contribution >= 4 is 34.0 Å². The number of hydrogen-bond acceptors (Lipinski definition) is 6. The summed E-state index contributed by atoms with van der Waals surface area (Å²) in [5, 5.41) is 8.74. The lowest BCUT2D eigenvalue weighted by molar-refractivity contribution is 0.249. The molecule has 0 aliphatic carbocycles. The van der Waals surface area contributed by atoms with Crippen LogP contribution in [-0.4, -0.2) is 43.1 Å². The molecule has 0 amide bonds. The number of azo groups is 1. The van der Waals surface area contributed by atoms with Crippen molar-refractivity contribution in [1.82, 2.24) is 9.88 Å². The van der Waals surface area contributed by atoms with E-state index in [-0.39, 0.29) is 0 Å². The van der Waals surface area contributed by atoms with Gasteiger partial charge in [0.05, 0.1) is 24.1 Å². The van der Waals surface area contributed by atoms with Crippen molar-refractivity contribution in [1.29, 1.82) is 0 Å². The maximum absolute atomic E-state index is 5.31. The summed E-state index contributed by atoms with van der Waals surface area (Å²) < 4.78 is 6.58. The van der Waals surface area contributed by atoms with Gasteiger partial charge < -0.3 is 14.2 Å². The Bertz CT molecular complexity index is 977. The number of halogens is 1. The summed E-state index contributed by atoms with van der Waals surface area (Å²) >= 11 is 2.44. The summed E-state index contributed by atoms with van der Waals surface area (Å²) in [4.78, 5) is 8.79. The molecule has 1 saturated heterocycles. The van der Waals surface area contributed by atoms with E-state index in [1.807, 2.05) is 24.3 Å². The van der Waals surface area contributed by atoms with Crippen LogP contribution in [-0.2, 0) is 6.54 Å². The second kappa shape index (κ2) is 9.70. The highest BCUT2D eigenvalue weighted by molar-refractivity contribution is 14.1. The summed E-state index contributed by atoms with van der Waals surface area (Å²) in [7, 11) is 4.36.